The number of carbonyl (C=O) groups is 2. The molecule has 5 nitrogen and oxygen atoms in total. The summed E-state index contributed by atoms with van der Waals surface area (Å²) in [6.45, 7) is 3.49. The van der Waals surface area contributed by atoms with E-state index >= 15 is 0 Å². The molecule has 1 fully saturated rings. The smallest absolute Gasteiger partial charge is 0.337 e. The Morgan fingerprint density at radius 2 is 2.16 bits per heavy atom. The van der Waals surface area contributed by atoms with Gasteiger partial charge < -0.3 is 15.7 Å². The molecule has 1 aliphatic heterocycles. The van der Waals surface area contributed by atoms with E-state index in [2.05, 4.69) is 10.6 Å². The van der Waals surface area contributed by atoms with Gasteiger partial charge in [-0.15, -0.1) is 0 Å². The van der Waals surface area contributed by atoms with Gasteiger partial charge in [-0.2, -0.15) is 0 Å². The first-order valence-corrected chi connectivity index (χ1v) is 6.41. The van der Waals surface area contributed by atoms with Crippen molar-refractivity contribution >= 4 is 29.2 Å². The molecule has 1 saturated heterocycles. The maximum Gasteiger partial charge on any atom is 0.337 e. The molecule has 1 aromatic rings. The number of hydrogen-bond donors (Lipinski definition) is 3. The van der Waals surface area contributed by atoms with E-state index in [1.807, 2.05) is 6.92 Å². The van der Waals surface area contributed by atoms with Crippen LogP contribution in [0.5, 0.6) is 0 Å². The number of benzene rings is 1. The fraction of sp³-hybridized carbons (Fsp3) is 0.385. The second-order valence-corrected chi connectivity index (χ2v) is 5.13. The first-order valence-electron chi connectivity index (χ1n) is 6.03. The van der Waals surface area contributed by atoms with Gasteiger partial charge in [0, 0.05) is 10.9 Å². The molecule has 102 valence electrons. The average Bonchev–Trinajstić information content (AvgIpc) is 2.28. The third kappa shape index (κ3) is 3.05. The second kappa shape index (κ2) is 5.59. The van der Waals surface area contributed by atoms with Crippen LogP contribution in [0.3, 0.4) is 0 Å². The minimum absolute atomic E-state index is 0.000200. The molecule has 1 aliphatic rings. The van der Waals surface area contributed by atoms with Crippen molar-refractivity contribution in [1.29, 1.82) is 0 Å². The predicted molar refractivity (Wildman–Crippen MR) is 72.6 cm³/mol. The van der Waals surface area contributed by atoms with Crippen LogP contribution in [0.15, 0.2) is 18.2 Å². The molecule has 2 rings (SSSR count). The number of halogens is 1. The Bertz CT molecular complexity index is 515. The van der Waals surface area contributed by atoms with Crippen molar-refractivity contribution in [1.82, 2.24) is 5.32 Å². The van der Waals surface area contributed by atoms with Gasteiger partial charge in [0.15, 0.2) is 0 Å². The van der Waals surface area contributed by atoms with Gasteiger partial charge in [0.25, 0.3) is 0 Å². The van der Waals surface area contributed by atoms with Crippen molar-refractivity contribution in [2.75, 3.05) is 18.4 Å². The zero-order chi connectivity index (χ0) is 14.0. The van der Waals surface area contributed by atoms with E-state index in [-0.39, 0.29) is 23.1 Å². The number of aromatic carboxylic acids is 1. The standard InChI is InChI=1S/C13H15ClN2O3/c1-7(8-5-15-6-8)12(17)16-11-3-2-9(14)4-10(11)13(18)19/h2-4,7-8,15H,5-6H2,1H3,(H,16,17)(H,18,19). The first-order chi connectivity index (χ1) is 8.99. The molecular formula is C13H15ClN2O3. The molecule has 0 spiro atoms. The fourth-order valence-corrected chi connectivity index (χ4v) is 2.10. The van der Waals surface area contributed by atoms with E-state index in [0.717, 1.165) is 13.1 Å². The number of hydrogen-bond acceptors (Lipinski definition) is 3. The number of amides is 1. The lowest BCUT2D eigenvalue weighted by Crippen LogP contribution is -2.48. The molecule has 0 radical (unpaired) electrons. The van der Waals surface area contributed by atoms with Gasteiger partial charge in [-0.1, -0.05) is 18.5 Å². The van der Waals surface area contributed by atoms with Crippen molar-refractivity contribution in [3.63, 3.8) is 0 Å². The third-order valence-corrected chi connectivity index (χ3v) is 3.64. The molecule has 3 N–H and O–H groups in total. The van der Waals surface area contributed by atoms with Crippen molar-refractivity contribution in [2.24, 2.45) is 11.8 Å². The fourth-order valence-electron chi connectivity index (χ4n) is 1.93. The Morgan fingerprint density at radius 1 is 1.47 bits per heavy atom. The van der Waals surface area contributed by atoms with Crippen molar-refractivity contribution in [3.8, 4) is 0 Å². The van der Waals surface area contributed by atoms with Crippen LogP contribution < -0.4 is 10.6 Å². The summed E-state index contributed by atoms with van der Waals surface area (Å²) in [5.41, 5.74) is 0.279. The molecule has 1 atom stereocenters. The summed E-state index contributed by atoms with van der Waals surface area (Å²) in [5.74, 6) is -1.13. The summed E-state index contributed by atoms with van der Waals surface area (Å²) in [4.78, 5) is 23.1. The number of carboxylic acids is 1. The largest absolute Gasteiger partial charge is 0.478 e. The van der Waals surface area contributed by atoms with Crippen LogP contribution in [0.2, 0.25) is 5.02 Å². The molecule has 1 heterocycles. The topological polar surface area (TPSA) is 78.4 Å². The number of anilines is 1. The minimum Gasteiger partial charge on any atom is -0.478 e. The average molecular weight is 283 g/mol. The Morgan fingerprint density at radius 3 is 2.68 bits per heavy atom. The number of carboxylic acid groups (broad SMARTS) is 1. The second-order valence-electron chi connectivity index (χ2n) is 4.69. The van der Waals surface area contributed by atoms with Crippen LogP contribution in [0.4, 0.5) is 5.69 Å². The highest BCUT2D eigenvalue weighted by molar-refractivity contribution is 6.31. The van der Waals surface area contributed by atoms with Gasteiger partial charge in [0.2, 0.25) is 5.91 Å². The molecule has 1 aromatic carbocycles. The summed E-state index contributed by atoms with van der Waals surface area (Å²) in [5, 5.41) is 15.2. The maximum absolute atomic E-state index is 12.0. The summed E-state index contributed by atoms with van der Waals surface area (Å²) in [7, 11) is 0. The van der Waals surface area contributed by atoms with Crippen LogP contribution in [0.1, 0.15) is 17.3 Å². The molecule has 0 aromatic heterocycles. The van der Waals surface area contributed by atoms with Crippen molar-refractivity contribution < 1.29 is 14.7 Å². The Hall–Kier alpha value is -1.59. The summed E-state index contributed by atoms with van der Waals surface area (Å²) in [6, 6.07) is 4.39. The normalized spacial score (nSPS) is 16.5. The van der Waals surface area contributed by atoms with E-state index in [9.17, 15) is 9.59 Å². The molecule has 19 heavy (non-hydrogen) atoms. The first kappa shape index (κ1) is 13.8. The molecule has 1 unspecified atom stereocenters. The molecular weight excluding hydrogens is 268 g/mol. The highest BCUT2D eigenvalue weighted by Crippen LogP contribution is 2.23. The summed E-state index contributed by atoms with van der Waals surface area (Å²) >= 11 is 5.76. The third-order valence-electron chi connectivity index (χ3n) is 3.40. The SMILES string of the molecule is CC(C(=O)Nc1ccc(Cl)cc1C(=O)O)C1CNC1. The lowest BCUT2D eigenvalue weighted by molar-refractivity contribution is -0.121. The molecule has 0 aliphatic carbocycles. The van der Waals surface area contributed by atoms with E-state index in [4.69, 9.17) is 16.7 Å². The lowest BCUT2D eigenvalue weighted by Gasteiger charge is -2.31. The Balaban J connectivity index is 2.13. The van der Waals surface area contributed by atoms with Gasteiger partial charge in [-0.3, -0.25) is 4.79 Å². The Labute approximate surface area is 116 Å². The highest BCUT2D eigenvalue weighted by atomic mass is 35.5. The molecule has 0 saturated carbocycles. The Kier molecular flexibility index (Phi) is 4.07. The number of rotatable bonds is 4. The van der Waals surface area contributed by atoms with Crippen LogP contribution in [-0.4, -0.2) is 30.1 Å². The quantitative estimate of drug-likeness (QED) is 0.787. The molecule has 6 heteroatoms. The highest BCUT2D eigenvalue weighted by Gasteiger charge is 2.29. The van der Waals surface area contributed by atoms with Crippen molar-refractivity contribution in [2.45, 2.75) is 6.92 Å². The molecule has 1 amide bonds. The summed E-state index contributed by atoms with van der Waals surface area (Å²) < 4.78 is 0. The lowest BCUT2D eigenvalue weighted by atomic mass is 9.88. The van der Waals surface area contributed by atoms with E-state index in [1.165, 1.54) is 12.1 Å². The number of carbonyl (C=O) groups excluding carboxylic acids is 1. The van der Waals surface area contributed by atoms with E-state index in [1.54, 1.807) is 6.07 Å². The predicted octanol–water partition coefficient (Wildman–Crippen LogP) is 1.83. The maximum atomic E-state index is 12.0. The van der Waals surface area contributed by atoms with Crippen molar-refractivity contribution in [3.05, 3.63) is 28.8 Å². The minimum atomic E-state index is -1.12. The van der Waals surface area contributed by atoms with Gasteiger partial charge in [-0.25, -0.2) is 4.79 Å². The summed E-state index contributed by atoms with van der Waals surface area (Å²) in [6.07, 6.45) is 0. The van der Waals surface area contributed by atoms with Gasteiger partial charge in [0.05, 0.1) is 11.3 Å². The van der Waals surface area contributed by atoms with Crippen LogP contribution in [0.25, 0.3) is 0 Å². The van der Waals surface area contributed by atoms with E-state index in [0.29, 0.717) is 10.9 Å². The zero-order valence-electron chi connectivity index (χ0n) is 10.4. The number of nitrogens with one attached hydrogen (secondary N) is 2. The zero-order valence-corrected chi connectivity index (χ0v) is 11.2. The monoisotopic (exact) mass is 282 g/mol. The van der Waals surface area contributed by atoms with Crippen LogP contribution in [-0.2, 0) is 4.79 Å². The van der Waals surface area contributed by atoms with E-state index < -0.39 is 5.97 Å². The molecule has 0 bridgehead atoms. The van der Waals surface area contributed by atoms with Gasteiger partial charge in [-0.05, 0) is 37.2 Å². The van der Waals surface area contributed by atoms with Gasteiger partial charge in [0.1, 0.15) is 0 Å². The van der Waals surface area contributed by atoms with Crippen LogP contribution in [0, 0.1) is 11.8 Å². The van der Waals surface area contributed by atoms with Gasteiger partial charge >= 0.3 is 5.97 Å². The van der Waals surface area contributed by atoms with Crippen LogP contribution >= 0.6 is 11.6 Å².